The van der Waals surface area contributed by atoms with Crippen molar-refractivity contribution < 1.29 is 23.8 Å². The van der Waals surface area contributed by atoms with Gasteiger partial charge in [0.1, 0.15) is 11.3 Å². The zero-order valence-corrected chi connectivity index (χ0v) is 19.0. The summed E-state index contributed by atoms with van der Waals surface area (Å²) in [6.07, 6.45) is 1.13. The highest BCUT2D eigenvalue weighted by Crippen LogP contribution is 2.41. The minimum atomic E-state index is -1.47. The van der Waals surface area contributed by atoms with Gasteiger partial charge in [0.25, 0.3) is 5.95 Å². The summed E-state index contributed by atoms with van der Waals surface area (Å²) in [4.78, 5) is 30.4. The molecule has 0 bridgehead atoms. The van der Waals surface area contributed by atoms with Crippen LogP contribution in [0.1, 0.15) is 53.5 Å². The number of imidazole rings is 1. The molecule has 0 saturated heterocycles. The molecule has 0 aliphatic heterocycles. The molecule has 0 spiro atoms. The molecule has 3 rings (SSSR count). The second-order valence-electron chi connectivity index (χ2n) is 9.56. The van der Waals surface area contributed by atoms with Gasteiger partial charge >= 0.3 is 6.16 Å². The molecule has 0 saturated carbocycles. The molecule has 0 atom stereocenters. The van der Waals surface area contributed by atoms with Crippen LogP contribution >= 0.6 is 0 Å². The number of hydrogen-bond donors (Lipinski definition) is 1. The summed E-state index contributed by atoms with van der Waals surface area (Å²) in [5.74, 6) is 0.585. The molecule has 3 heterocycles. The van der Waals surface area contributed by atoms with Crippen molar-refractivity contribution in [1.82, 2.24) is 9.38 Å². The number of ether oxygens (including phenoxy) is 1. The summed E-state index contributed by atoms with van der Waals surface area (Å²) < 4.78 is 12.1. The van der Waals surface area contributed by atoms with Crippen LogP contribution in [-0.2, 0) is 4.79 Å². The van der Waals surface area contributed by atoms with E-state index in [1.807, 2.05) is 43.5 Å². The maximum absolute atomic E-state index is 13.0. The molecule has 166 valence electrons. The number of amides is 1. The summed E-state index contributed by atoms with van der Waals surface area (Å²) in [6.45, 7) is 13.9. The third-order valence-corrected chi connectivity index (χ3v) is 4.92. The van der Waals surface area contributed by atoms with Crippen LogP contribution in [0.2, 0.25) is 0 Å². The SMILES string of the molecule is CC(=O)N(c1c(-c2ccc(OC(=O)O)o2)nc2c(C)cccn12)C(C)(C)CC(C)(C)C. The van der Waals surface area contributed by atoms with Gasteiger partial charge in [0.2, 0.25) is 5.91 Å². The quantitative estimate of drug-likeness (QED) is 0.538. The average Bonchev–Trinajstić information content (AvgIpc) is 3.17. The lowest BCUT2D eigenvalue weighted by Gasteiger charge is -2.41. The molecular weight excluding hydrogens is 398 g/mol. The first kappa shape index (κ1) is 22.4. The minimum Gasteiger partial charge on any atom is -0.449 e. The highest BCUT2D eigenvalue weighted by molar-refractivity contribution is 5.96. The van der Waals surface area contributed by atoms with Crippen LogP contribution in [0.3, 0.4) is 0 Å². The molecule has 8 heteroatoms. The van der Waals surface area contributed by atoms with Gasteiger partial charge in [-0.05, 0) is 50.3 Å². The Kier molecular flexibility index (Phi) is 5.60. The van der Waals surface area contributed by atoms with E-state index in [1.54, 1.807) is 11.0 Å². The minimum absolute atomic E-state index is 0.0268. The van der Waals surface area contributed by atoms with Crippen molar-refractivity contribution in [1.29, 1.82) is 0 Å². The zero-order valence-electron chi connectivity index (χ0n) is 19.0. The van der Waals surface area contributed by atoms with Crippen LogP contribution in [-0.4, -0.2) is 32.1 Å². The van der Waals surface area contributed by atoms with Gasteiger partial charge in [-0.25, -0.2) is 9.78 Å². The van der Waals surface area contributed by atoms with E-state index < -0.39 is 11.7 Å². The maximum atomic E-state index is 13.0. The third kappa shape index (κ3) is 4.57. The largest absolute Gasteiger partial charge is 0.513 e. The number of anilines is 1. The number of carboxylic acid groups (broad SMARTS) is 1. The van der Waals surface area contributed by atoms with E-state index in [0.29, 0.717) is 22.9 Å². The zero-order chi connectivity index (χ0) is 23.1. The van der Waals surface area contributed by atoms with Gasteiger partial charge in [-0.2, -0.15) is 0 Å². The van der Waals surface area contributed by atoms with Crippen molar-refractivity contribution in [3.05, 3.63) is 36.0 Å². The molecule has 3 aromatic rings. The first-order chi connectivity index (χ1) is 14.3. The summed E-state index contributed by atoms with van der Waals surface area (Å²) >= 11 is 0. The fourth-order valence-electron chi connectivity index (χ4n) is 4.40. The van der Waals surface area contributed by atoms with Gasteiger partial charge in [-0.1, -0.05) is 26.8 Å². The van der Waals surface area contributed by atoms with Crippen molar-refractivity contribution in [2.75, 3.05) is 4.90 Å². The smallest absolute Gasteiger partial charge is 0.449 e. The lowest BCUT2D eigenvalue weighted by molar-refractivity contribution is -0.117. The van der Waals surface area contributed by atoms with Crippen molar-refractivity contribution in [2.45, 2.75) is 60.4 Å². The lowest BCUT2D eigenvalue weighted by Crippen LogP contribution is -2.50. The monoisotopic (exact) mass is 427 g/mol. The molecule has 0 unspecified atom stereocenters. The molecule has 0 radical (unpaired) electrons. The van der Waals surface area contributed by atoms with E-state index >= 15 is 0 Å². The molecule has 1 amide bonds. The van der Waals surface area contributed by atoms with E-state index in [9.17, 15) is 9.59 Å². The predicted molar refractivity (Wildman–Crippen MR) is 118 cm³/mol. The molecular formula is C23H29N3O5. The summed E-state index contributed by atoms with van der Waals surface area (Å²) in [5, 5.41) is 8.87. The number of fused-ring (bicyclic) bond motifs is 1. The first-order valence-corrected chi connectivity index (χ1v) is 10.1. The molecule has 8 nitrogen and oxygen atoms in total. The standard InChI is InChI=1S/C23H29N3O5/c1-14-9-8-12-25-19(14)24-18(16-10-11-17(30-16)31-21(28)29)20(25)26(15(2)27)23(6,7)13-22(3,4)5/h8-12H,13H2,1-7H3,(H,28,29). The second-order valence-corrected chi connectivity index (χ2v) is 9.56. The molecule has 1 N–H and O–H groups in total. The number of carbonyl (C=O) groups excluding carboxylic acids is 1. The first-order valence-electron chi connectivity index (χ1n) is 10.1. The Balaban J connectivity index is 2.27. The average molecular weight is 428 g/mol. The number of carbonyl (C=O) groups is 2. The highest BCUT2D eigenvalue weighted by Gasteiger charge is 2.38. The van der Waals surface area contributed by atoms with Crippen molar-refractivity contribution in [3.63, 3.8) is 0 Å². The van der Waals surface area contributed by atoms with E-state index in [1.165, 1.54) is 13.0 Å². The fourth-order valence-corrected chi connectivity index (χ4v) is 4.40. The molecule has 3 aromatic heterocycles. The van der Waals surface area contributed by atoms with Gasteiger partial charge < -0.3 is 14.3 Å². The number of pyridine rings is 1. The molecule has 0 aromatic carbocycles. The highest BCUT2D eigenvalue weighted by atomic mass is 16.7. The van der Waals surface area contributed by atoms with Crippen LogP contribution in [0, 0.1) is 12.3 Å². The van der Waals surface area contributed by atoms with Crippen molar-refractivity contribution >= 4 is 23.5 Å². The lowest BCUT2D eigenvalue weighted by atomic mass is 9.80. The second kappa shape index (κ2) is 7.76. The Morgan fingerprint density at radius 1 is 1.19 bits per heavy atom. The number of hydrogen-bond acceptors (Lipinski definition) is 5. The van der Waals surface area contributed by atoms with Crippen LogP contribution in [0.25, 0.3) is 17.1 Å². The molecule has 31 heavy (non-hydrogen) atoms. The summed E-state index contributed by atoms with van der Waals surface area (Å²) in [6, 6.07) is 6.85. The Morgan fingerprint density at radius 3 is 2.45 bits per heavy atom. The normalized spacial score (nSPS) is 12.2. The summed E-state index contributed by atoms with van der Waals surface area (Å²) in [7, 11) is 0. The fraction of sp³-hybridized carbons (Fsp3) is 0.435. The van der Waals surface area contributed by atoms with Gasteiger partial charge in [-0.3, -0.25) is 14.1 Å². The van der Waals surface area contributed by atoms with E-state index in [-0.39, 0.29) is 17.3 Å². The Hall–Kier alpha value is -3.29. The van der Waals surface area contributed by atoms with Crippen molar-refractivity contribution in [3.8, 4) is 17.4 Å². The number of aromatic nitrogens is 2. The number of aryl methyl sites for hydroxylation is 1. The van der Waals surface area contributed by atoms with Gasteiger partial charge in [0, 0.05) is 24.7 Å². The molecule has 0 fully saturated rings. The number of furan rings is 1. The van der Waals surface area contributed by atoms with Gasteiger partial charge in [0.15, 0.2) is 11.6 Å². The van der Waals surface area contributed by atoms with Crippen molar-refractivity contribution in [2.24, 2.45) is 5.41 Å². The number of rotatable bonds is 5. The molecule has 0 aliphatic rings. The van der Waals surface area contributed by atoms with E-state index in [4.69, 9.17) is 14.5 Å². The van der Waals surface area contributed by atoms with Crippen LogP contribution < -0.4 is 9.64 Å². The van der Waals surface area contributed by atoms with Crippen LogP contribution in [0.4, 0.5) is 10.6 Å². The van der Waals surface area contributed by atoms with Crippen LogP contribution in [0.5, 0.6) is 5.95 Å². The summed E-state index contributed by atoms with van der Waals surface area (Å²) in [5.41, 5.74) is 1.49. The van der Waals surface area contributed by atoms with E-state index in [2.05, 4.69) is 25.5 Å². The van der Waals surface area contributed by atoms with Gasteiger partial charge in [0.05, 0.1) is 0 Å². The maximum Gasteiger partial charge on any atom is 0.513 e. The van der Waals surface area contributed by atoms with Crippen LogP contribution in [0.15, 0.2) is 34.9 Å². The Morgan fingerprint density at radius 2 is 1.87 bits per heavy atom. The number of nitrogens with zero attached hydrogens (tertiary/aromatic N) is 3. The molecule has 0 aliphatic carbocycles. The Labute approximate surface area is 181 Å². The third-order valence-electron chi connectivity index (χ3n) is 4.92. The topological polar surface area (TPSA) is 97.3 Å². The van der Waals surface area contributed by atoms with E-state index in [0.717, 1.165) is 12.0 Å². The predicted octanol–water partition coefficient (Wildman–Crippen LogP) is 5.53. The van der Waals surface area contributed by atoms with Gasteiger partial charge in [-0.15, -0.1) is 0 Å². The Bertz CT molecular complexity index is 1130.